The molecule has 0 N–H and O–H groups in total. The SMILES string of the molecule is CC/C=C\C/C=C\C/C=C\C/C=C\CCCCCCCCCCCCC(=O)OCC(COC(=O)CCCCCCC/C=C\CCC)OC(=O)CCCCCCC/C=C\C/C=C\CCCC. The van der Waals surface area contributed by atoms with Crippen LogP contribution >= 0.6 is 0 Å². The van der Waals surface area contributed by atoms with Crippen LogP contribution in [-0.4, -0.2) is 37.2 Å². The Hall–Kier alpha value is -3.41. The summed E-state index contributed by atoms with van der Waals surface area (Å²) in [4.78, 5) is 38.0. The predicted molar refractivity (Wildman–Crippen MR) is 279 cm³/mol. The van der Waals surface area contributed by atoms with E-state index in [2.05, 4.69) is 106 Å². The van der Waals surface area contributed by atoms with Crippen LogP contribution in [0.3, 0.4) is 0 Å². The number of ether oxygens (including phenoxy) is 3. The van der Waals surface area contributed by atoms with Gasteiger partial charge in [-0.25, -0.2) is 0 Å². The van der Waals surface area contributed by atoms with Crippen molar-refractivity contribution in [2.45, 2.75) is 258 Å². The molecule has 0 aliphatic carbocycles. The molecule has 0 fully saturated rings. The van der Waals surface area contributed by atoms with Crippen molar-refractivity contribution in [3.05, 3.63) is 85.1 Å². The number of rotatable bonds is 48. The summed E-state index contributed by atoms with van der Waals surface area (Å²) in [6.07, 6.45) is 68.6. The first kappa shape index (κ1) is 61.6. The van der Waals surface area contributed by atoms with Crippen molar-refractivity contribution in [3.63, 3.8) is 0 Å². The fraction of sp³-hybridized carbons (Fsp3) is 0.712. The van der Waals surface area contributed by atoms with E-state index in [0.29, 0.717) is 19.3 Å². The smallest absolute Gasteiger partial charge is 0.306 e. The van der Waals surface area contributed by atoms with Gasteiger partial charge in [-0.15, -0.1) is 0 Å². The summed E-state index contributed by atoms with van der Waals surface area (Å²) in [7, 11) is 0. The molecule has 6 nitrogen and oxygen atoms in total. The van der Waals surface area contributed by atoms with Gasteiger partial charge in [-0.2, -0.15) is 0 Å². The monoisotopic (exact) mass is 905 g/mol. The maximum absolute atomic E-state index is 12.8. The van der Waals surface area contributed by atoms with Crippen molar-refractivity contribution in [1.29, 1.82) is 0 Å². The number of hydrogen-bond donors (Lipinski definition) is 0. The maximum Gasteiger partial charge on any atom is 0.306 e. The molecule has 0 spiro atoms. The Morgan fingerprint density at radius 2 is 0.631 bits per heavy atom. The Morgan fingerprint density at radius 3 is 1.02 bits per heavy atom. The second-order valence-electron chi connectivity index (χ2n) is 17.7. The summed E-state index contributed by atoms with van der Waals surface area (Å²) in [5.74, 6) is -0.916. The van der Waals surface area contributed by atoms with Crippen LogP contribution in [0.1, 0.15) is 252 Å². The first-order valence-electron chi connectivity index (χ1n) is 27.1. The van der Waals surface area contributed by atoms with Gasteiger partial charge in [-0.1, -0.05) is 215 Å². The molecule has 0 rings (SSSR count). The molecule has 0 bridgehead atoms. The minimum atomic E-state index is -0.788. The van der Waals surface area contributed by atoms with Gasteiger partial charge in [0.2, 0.25) is 0 Å². The summed E-state index contributed by atoms with van der Waals surface area (Å²) in [5.41, 5.74) is 0. The molecule has 0 saturated carbocycles. The van der Waals surface area contributed by atoms with Crippen molar-refractivity contribution in [3.8, 4) is 0 Å². The highest BCUT2D eigenvalue weighted by Crippen LogP contribution is 2.15. The Morgan fingerprint density at radius 1 is 0.323 bits per heavy atom. The average molecular weight is 905 g/mol. The highest BCUT2D eigenvalue weighted by molar-refractivity contribution is 5.71. The van der Waals surface area contributed by atoms with Crippen LogP contribution in [0.5, 0.6) is 0 Å². The topological polar surface area (TPSA) is 78.9 Å². The van der Waals surface area contributed by atoms with E-state index < -0.39 is 6.10 Å². The number of carbonyl (C=O) groups is 3. The zero-order valence-corrected chi connectivity index (χ0v) is 42.5. The Labute approximate surface area is 401 Å². The highest BCUT2D eigenvalue weighted by atomic mass is 16.6. The maximum atomic E-state index is 12.8. The minimum absolute atomic E-state index is 0.0873. The van der Waals surface area contributed by atoms with E-state index in [-0.39, 0.29) is 31.1 Å². The molecule has 0 aromatic heterocycles. The second kappa shape index (κ2) is 53.2. The summed E-state index contributed by atoms with van der Waals surface area (Å²) >= 11 is 0. The molecular weight excluding hydrogens is 805 g/mol. The lowest BCUT2D eigenvalue weighted by molar-refractivity contribution is -0.167. The van der Waals surface area contributed by atoms with Gasteiger partial charge >= 0.3 is 17.9 Å². The molecule has 0 aromatic carbocycles. The van der Waals surface area contributed by atoms with Crippen LogP contribution in [0.15, 0.2) is 85.1 Å². The van der Waals surface area contributed by atoms with Crippen LogP contribution in [0.25, 0.3) is 0 Å². The third-order valence-corrected chi connectivity index (χ3v) is 11.3. The molecule has 6 heteroatoms. The molecule has 0 radical (unpaired) electrons. The average Bonchev–Trinajstić information content (AvgIpc) is 3.30. The molecular formula is C59H100O6. The zero-order valence-electron chi connectivity index (χ0n) is 42.5. The third kappa shape index (κ3) is 51.4. The van der Waals surface area contributed by atoms with Crippen molar-refractivity contribution < 1.29 is 28.6 Å². The van der Waals surface area contributed by atoms with E-state index in [1.165, 1.54) is 89.9 Å². The van der Waals surface area contributed by atoms with E-state index in [1.807, 2.05) is 0 Å². The molecule has 1 unspecified atom stereocenters. The molecule has 372 valence electrons. The number of esters is 3. The molecule has 0 aliphatic rings. The van der Waals surface area contributed by atoms with Crippen molar-refractivity contribution in [1.82, 2.24) is 0 Å². The van der Waals surface area contributed by atoms with Crippen LogP contribution in [0.2, 0.25) is 0 Å². The molecule has 0 heterocycles. The largest absolute Gasteiger partial charge is 0.462 e. The quantitative estimate of drug-likeness (QED) is 0.0262. The van der Waals surface area contributed by atoms with Gasteiger partial charge in [-0.05, 0) is 103 Å². The Balaban J connectivity index is 4.30. The Bertz CT molecular complexity index is 1270. The summed E-state index contributed by atoms with van der Waals surface area (Å²) in [6, 6.07) is 0. The minimum Gasteiger partial charge on any atom is -0.462 e. The number of hydrogen-bond acceptors (Lipinski definition) is 6. The molecule has 0 aliphatic heterocycles. The third-order valence-electron chi connectivity index (χ3n) is 11.3. The van der Waals surface area contributed by atoms with E-state index in [4.69, 9.17) is 14.2 Å². The number of unbranched alkanes of at least 4 members (excludes halogenated alkanes) is 23. The standard InChI is InChI=1S/C59H100O6/c1-4-7-10-13-16-19-22-24-26-27-28-29-30-31-32-33-34-36-37-40-43-46-49-52-58(61)64-55-56(54-63-57(60)51-48-45-42-39-21-18-15-12-9-6-3)65-59(62)53-50-47-44-41-38-35-25-23-20-17-14-11-8-5-2/h7,10,12,14-17,19,23-26,28-29,56H,4-6,8-9,11,13,18,20-22,27,30-55H2,1-3H3/b10-7-,15-12-,17-14-,19-16-,25-23-,26-24-,29-28-. The normalized spacial score (nSPS) is 12.7. The van der Waals surface area contributed by atoms with Crippen LogP contribution in [-0.2, 0) is 28.6 Å². The first-order chi connectivity index (χ1) is 32.0. The summed E-state index contributed by atoms with van der Waals surface area (Å²) < 4.78 is 16.8. The van der Waals surface area contributed by atoms with Crippen LogP contribution in [0.4, 0.5) is 0 Å². The van der Waals surface area contributed by atoms with E-state index in [9.17, 15) is 14.4 Å². The second-order valence-corrected chi connectivity index (χ2v) is 17.7. The van der Waals surface area contributed by atoms with Crippen molar-refractivity contribution >= 4 is 17.9 Å². The van der Waals surface area contributed by atoms with Crippen molar-refractivity contribution in [2.24, 2.45) is 0 Å². The molecule has 1 atom stereocenters. The Kier molecular flexibility index (Phi) is 50.4. The molecule has 0 aromatic rings. The number of allylic oxidation sites excluding steroid dienone is 14. The fourth-order valence-corrected chi connectivity index (χ4v) is 7.28. The first-order valence-corrected chi connectivity index (χ1v) is 27.1. The highest BCUT2D eigenvalue weighted by Gasteiger charge is 2.19. The van der Waals surface area contributed by atoms with Gasteiger partial charge in [0.05, 0.1) is 0 Å². The van der Waals surface area contributed by atoms with Gasteiger partial charge in [0, 0.05) is 19.3 Å². The van der Waals surface area contributed by atoms with Gasteiger partial charge in [0.25, 0.3) is 0 Å². The zero-order chi connectivity index (χ0) is 47.2. The molecule has 65 heavy (non-hydrogen) atoms. The summed E-state index contributed by atoms with van der Waals surface area (Å²) in [5, 5.41) is 0. The lowest BCUT2D eigenvalue weighted by atomic mass is 10.1. The van der Waals surface area contributed by atoms with E-state index in [0.717, 1.165) is 122 Å². The van der Waals surface area contributed by atoms with Gasteiger partial charge < -0.3 is 14.2 Å². The lowest BCUT2D eigenvalue weighted by Crippen LogP contribution is -2.30. The van der Waals surface area contributed by atoms with Gasteiger partial charge in [0.1, 0.15) is 13.2 Å². The van der Waals surface area contributed by atoms with Crippen LogP contribution < -0.4 is 0 Å². The van der Waals surface area contributed by atoms with E-state index in [1.54, 1.807) is 0 Å². The van der Waals surface area contributed by atoms with Crippen molar-refractivity contribution in [2.75, 3.05) is 13.2 Å². The summed E-state index contributed by atoms with van der Waals surface area (Å²) in [6.45, 7) is 6.40. The lowest BCUT2D eigenvalue weighted by Gasteiger charge is -2.18. The predicted octanol–water partition coefficient (Wildman–Crippen LogP) is 18.0. The number of carbonyl (C=O) groups excluding carboxylic acids is 3. The van der Waals surface area contributed by atoms with Gasteiger partial charge in [0.15, 0.2) is 6.10 Å². The molecule has 0 amide bonds. The van der Waals surface area contributed by atoms with E-state index >= 15 is 0 Å². The fourth-order valence-electron chi connectivity index (χ4n) is 7.28. The molecule has 0 saturated heterocycles. The van der Waals surface area contributed by atoms with Gasteiger partial charge in [-0.3, -0.25) is 14.4 Å². The van der Waals surface area contributed by atoms with Crippen LogP contribution in [0, 0.1) is 0 Å².